The molecule has 6 heteroatoms. The lowest BCUT2D eigenvalue weighted by atomic mass is 10.1. The summed E-state index contributed by atoms with van der Waals surface area (Å²) in [6.07, 6.45) is 5.51. The summed E-state index contributed by atoms with van der Waals surface area (Å²) in [7, 11) is 0. The van der Waals surface area contributed by atoms with Crippen molar-refractivity contribution in [1.29, 1.82) is 0 Å². The molecule has 0 amide bonds. The van der Waals surface area contributed by atoms with E-state index in [1.54, 1.807) is 6.20 Å². The third kappa shape index (κ3) is 2.89. The summed E-state index contributed by atoms with van der Waals surface area (Å²) < 4.78 is 10.1. The molecule has 2 unspecified atom stereocenters. The van der Waals surface area contributed by atoms with E-state index in [0.29, 0.717) is 12.5 Å². The molecule has 0 fully saturated rings. The van der Waals surface area contributed by atoms with E-state index in [4.69, 9.17) is 5.73 Å². The fraction of sp³-hybridized carbons (Fsp3) is 0.545. The first-order valence-corrected chi connectivity index (χ1v) is 6.50. The minimum Gasteiger partial charge on any atom is -0.322 e. The number of nitrogens with zero attached hydrogens (tertiary/aromatic N) is 4. The van der Waals surface area contributed by atoms with Crippen LogP contribution in [-0.4, -0.2) is 18.5 Å². The quantitative estimate of drug-likeness (QED) is 0.881. The van der Waals surface area contributed by atoms with Crippen molar-refractivity contribution in [3.05, 3.63) is 29.8 Å². The lowest BCUT2D eigenvalue weighted by Gasteiger charge is -2.09. The Labute approximate surface area is 105 Å². The predicted octanol–water partition coefficient (Wildman–Crippen LogP) is 1.95. The van der Waals surface area contributed by atoms with Crippen molar-refractivity contribution in [2.75, 3.05) is 0 Å². The van der Waals surface area contributed by atoms with Gasteiger partial charge in [0.05, 0.1) is 35.4 Å². The summed E-state index contributed by atoms with van der Waals surface area (Å²) in [6, 6.07) is 2.33. The molecule has 2 aromatic heterocycles. The van der Waals surface area contributed by atoms with Crippen LogP contribution >= 0.6 is 11.7 Å². The first-order chi connectivity index (χ1) is 8.20. The van der Waals surface area contributed by atoms with Crippen LogP contribution in [0.2, 0.25) is 0 Å². The first kappa shape index (κ1) is 12.2. The molecule has 0 radical (unpaired) electrons. The largest absolute Gasteiger partial charge is 0.322 e. The molecule has 5 nitrogen and oxygen atoms in total. The summed E-state index contributed by atoms with van der Waals surface area (Å²) in [4.78, 5) is 0. The van der Waals surface area contributed by atoms with Crippen molar-refractivity contribution in [2.45, 2.75) is 38.8 Å². The summed E-state index contributed by atoms with van der Waals surface area (Å²) in [6.45, 7) is 4.31. The second-order valence-corrected chi connectivity index (χ2v) is 4.74. The van der Waals surface area contributed by atoms with Gasteiger partial charge in [0.2, 0.25) is 0 Å². The Bertz CT molecular complexity index is 450. The average molecular weight is 251 g/mol. The Kier molecular flexibility index (Phi) is 3.86. The fourth-order valence-corrected chi connectivity index (χ4v) is 2.06. The smallest absolute Gasteiger partial charge is 0.0914 e. The molecule has 0 saturated heterocycles. The molecule has 2 aromatic rings. The van der Waals surface area contributed by atoms with Crippen LogP contribution in [0.4, 0.5) is 0 Å². The number of hydrogen-bond acceptors (Lipinski definition) is 5. The molecule has 0 saturated carbocycles. The van der Waals surface area contributed by atoms with Gasteiger partial charge in [0, 0.05) is 18.7 Å². The molecule has 0 aromatic carbocycles. The van der Waals surface area contributed by atoms with Gasteiger partial charge in [-0.2, -0.15) is 13.8 Å². The summed E-state index contributed by atoms with van der Waals surface area (Å²) >= 11 is 1.19. The van der Waals surface area contributed by atoms with Gasteiger partial charge in [-0.15, -0.1) is 0 Å². The molecule has 2 N–H and O–H groups in total. The monoisotopic (exact) mass is 251 g/mol. The molecule has 17 heavy (non-hydrogen) atoms. The molecule has 0 aliphatic carbocycles. The SMILES string of the molecule is CCC(C)n1ccc(CC(N)c2cnsn2)n1. The molecule has 2 heterocycles. The topological polar surface area (TPSA) is 69.6 Å². The highest BCUT2D eigenvalue weighted by molar-refractivity contribution is 6.99. The maximum atomic E-state index is 6.04. The lowest BCUT2D eigenvalue weighted by Crippen LogP contribution is -2.14. The van der Waals surface area contributed by atoms with Crippen LogP contribution in [0.1, 0.15) is 43.7 Å². The molecule has 2 atom stereocenters. The standard InChI is InChI=1S/C11H17N5S/c1-3-8(2)16-5-4-9(14-16)6-10(12)11-7-13-17-15-11/h4-5,7-8,10H,3,6,12H2,1-2H3. The van der Waals surface area contributed by atoms with E-state index in [1.165, 1.54) is 11.7 Å². The van der Waals surface area contributed by atoms with Gasteiger partial charge in [0.1, 0.15) is 0 Å². The molecule has 0 spiro atoms. The Morgan fingerprint density at radius 1 is 1.53 bits per heavy atom. The van der Waals surface area contributed by atoms with E-state index in [0.717, 1.165) is 17.8 Å². The third-order valence-electron chi connectivity index (χ3n) is 2.89. The number of hydrogen-bond donors (Lipinski definition) is 1. The maximum Gasteiger partial charge on any atom is 0.0914 e. The summed E-state index contributed by atoms with van der Waals surface area (Å²) in [5, 5.41) is 4.52. The zero-order chi connectivity index (χ0) is 12.3. The van der Waals surface area contributed by atoms with Gasteiger partial charge in [-0.3, -0.25) is 4.68 Å². The first-order valence-electron chi connectivity index (χ1n) is 5.77. The molecule has 0 bridgehead atoms. The highest BCUT2D eigenvalue weighted by atomic mass is 32.1. The zero-order valence-corrected chi connectivity index (χ0v) is 10.9. The van der Waals surface area contributed by atoms with E-state index in [9.17, 15) is 0 Å². The van der Waals surface area contributed by atoms with Crippen LogP contribution in [0.3, 0.4) is 0 Å². The predicted molar refractivity (Wildman–Crippen MR) is 67.8 cm³/mol. The van der Waals surface area contributed by atoms with Crippen LogP contribution in [-0.2, 0) is 6.42 Å². The van der Waals surface area contributed by atoms with Crippen LogP contribution < -0.4 is 5.73 Å². The summed E-state index contributed by atoms with van der Waals surface area (Å²) in [5.74, 6) is 0. The average Bonchev–Trinajstić information content (AvgIpc) is 2.98. The Hall–Kier alpha value is -1.27. The van der Waals surface area contributed by atoms with Crippen molar-refractivity contribution >= 4 is 11.7 Å². The minimum absolute atomic E-state index is 0.117. The van der Waals surface area contributed by atoms with Crippen molar-refractivity contribution in [1.82, 2.24) is 18.5 Å². The molecule has 0 aliphatic heterocycles. The number of nitrogens with two attached hydrogens (primary N) is 1. The highest BCUT2D eigenvalue weighted by Crippen LogP contribution is 2.15. The Morgan fingerprint density at radius 3 is 3.00 bits per heavy atom. The van der Waals surface area contributed by atoms with E-state index >= 15 is 0 Å². The van der Waals surface area contributed by atoms with Crippen LogP contribution in [0, 0.1) is 0 Å². The van der Waals surface area contributed by atoms with E-state index < -0.39 is 0 Å². The van der Waals surface area contributed by atoms with Crippen LogP contribution in [0.15, 0.2) is 18.5 Å². The molecular weight excluding hydrogens is 234 g/mol. The van der Waals surface area contributed by atoms with E-state index in [-0.39, 0.29) is 6.04 Å². The third-order valence-corrected chi connectivity index (χ3v) is 3.39. The van der Waals surface area contributed by atoms with Gasteiger partial charge < -0.3 is 5.73 Å². The van der Waals surface area contributed by atoms with Gasteiger partial charge in [-0.25, -0.2) is 0 Å². The van der Waals surface area contributed by atoms with Crippen LogP contribution in [0.5, 0.6) is 0 Å². The molecule has 0 aliphatic rings. The number of rotatable bonds is 5. The highest BCUT2D eigenvalue weighted by Gasteiger charge is 2.12. The second-order valence-electron chi connectivity index (χ2n) is 4.19. The van der Waals surface area contributed by atoms with Crippen LogP contribution in [0.25, 0.3) is 0 Å². The minimum atomic E-state index is -0.117. The normalized spacial score (nSPS) is 14.8. The lowest BCUT2D eigenvalue weighted by molar-refractivity contribution is 0.471. The van der Waals surface area contributed by atoms with Gasteiger partial charge in [0.15, 0.2) is 0 Å². The van der Waals surface area contributed by atoms with Crippen molar-refractivity contribution in [3.8, 4) is 0 Å². The van der Waals surface area contributed by atoms with Crippen molar-refractivity contribution in [3.63, 3.8) is 0 Å². The number of aromatic nitrogens is 4. The van der Waals surface area contributed by atoms with Gasteiger partial charge in [-0.1, -0.05) is 6.92 Å². The van der Waals surface area contributed by atoms with E-state index in [1.807, 2.05) is 16.9 Å². The molecule has 2 rings (SSSR count). The van der Waals surface area contributed by atoms with Gasteiger partial charge >= 0.3 is 0 Å². The van der Waals surface area contributed by atoms with Crippen molar-refractivity contribution in [2.24, 2.45) is 5.73 Å². The van der Waals surface area contributed by atoms with Gasteiger partial charge in [0.25, 0.3) is 0 Å². The molecular formula is C11H17N5S. The summed E-state index contributed by atoms with van der Waals surface area (Å²) in [5.41, 5.74) is 7.89. The Morgan fingerprint density at radius 2 is 2.35 bits per heavy atom. The van der Waals surface area contributed by atoms with E-state index in [2.05, 4.69) is 27.7 Å². The second kappa shape index (κ2) is 5.37. The zero-order valence-electron chi connectivity index (χ0n) is 10.1. The van der Waals surface area contributed by atoms with Crippen molar-refractivity contribution < 1.29 is 0 Å². The maximum absolute atomic E-state index is 6.04. The Balaban J connectivity index is 2.02. The fourth-order valence-electron chi connectivity index (χ4n) is 1.58. The molecule has 92 valence electrons. The van der Waals surface area contributed by atoms with Gasteiger partial charge in [-0.05, 0) is 19.4 Å².